The van der Waals surface area contributed by atoms with Gasteiger partial charge in [0.25, 0.3) is 11.5 Å². The van der Waals surface area contributed by atoms with Gasteiger partial charge in [0.1, 0.15) is 11.4 Å². The van der Waals surface area contributed by atoms with E-state index in [-0.39, 0.29) is 36.7 Å². The van der Waals surface area contributed by atoms with Gasteiger partial charge in [0.2, 0.25) is 0 Å². The summed E-state index contributed by atoms with van der Waals surface area (Å²) in [5.74, 6) is -0.409. The summed E-state index contributed by atoms with van der Waals surface area (Å²) < 4.78 is 46.9. The van der Waals surface area contributed by atoms with Gasteiger partial charge in [-0.05, 0) is 23.8 Å². The van der Waals surface area contributed by atoms with E-state index in [0.717, 1.165) is 4.68 Å². The molecule has 0 unspecified atom stereocenters. The third-order valence-corrected chi connectivity index (χ3v) is 3.39. The first-order valence-corrected chi connectivity index (χ1v) is 7.92. The molecule has 146 valence electrons. The summed E-state index contributed by atoms with van der Waals surface area (Å²) in [6.45, 7) is -0.735. The van der Waals surface area contributed by atoms with Gasteiger partial charge in [-0.3, -0.25) is 9.59 Å². The molecule has 0 spiro atoms. The van der Waals surface area contributed by atoms with Crippen LogP contribution in [0.2, 0.25) is 0 Å². The summed E-state index contributed by atoms with van der Waals surface area (Å²) >= 11 is 0. The smallest absolute Gasteiger partial charge is 0.422 e. The molecule has 0 aliphatic heterocycles. The predicted molar refractivity (Wildman–Crippen MR) is 89.5 cm³/mol. The Balaban J connectivity index is 1.92. The van der Waals surface area contributed by atoms with Gasteiger partial charge in [-0.15, -0.1) is 0 Å². The first-order valence-electron chi connectivity index (χ1n) is 7.92. The van der Waals surface area contributed by atoms with Gasteiger partial charge in [0, 0.05) is 19.7 Å². The van der Waals surface area contributed by atoms with Crippen molar-refractivity contribution in [2.45, 2.75) is 19.3 Å². The molecule has 1 aromatic carbocycles. The van der Waals surface area contributed by atoms with Gasteiger partial charge >= 0.3 is 6.18 Å². The van der Waals surface area contributed by atoms with E-state index in [2.05, 4.69) is 15.2 Å². The highest BCUT2D eigenvalue weighted by Gasteiger charge is 2.28. The largest absolute Gasteiger partial charge is 0.484 e. The van der Waals surface area contributed by atoms with Gasteiger partial charge < -0.3 is 14.8 Å². The minimum absolute atomic E-state index is 0.0656. The van der Waals surface area contributed by atoms with E-state index in [4.69, 9.17) is 4.74 Å². The molecule has 0 radical (unpaired) electrons. The van der Waals surface area contributed by atoms with Crippen molar-refractivity contribution in [2.24, 2.45) is 0 Å². The van der Waals surface area contributed by atoms with Crippen molar-refractivity contribution in [1.82, 2.24) is 15.1 Å². The van der Waals surface area contributed by atoms with Crippen molar-refractivity contribution < 1.29 is 27.4 Å². The molecule has 0 fully saturated rings. The maximum Gasteiger partial charge on any atom is 0.422 e. The van der Waals surface area contributed by atoms with Crippen molar-refractivity contribution >= 4 is 5.91 Å². The first-order chi connectivity index (χ1) is 12.8. The van der Waals surface area contributed by atoms with Crippen LogP contribution in [-0.2, 0) is 17.8 Å². The Morgan fingerprint density at radius 2 is 1.89 bits per heavy atom. The van der Waals surface area contributed by atoms with Crippen LogP contribution in [-0.4, -0.2) is 42.2 Å². The second-order valence-electron chi connectivity index (χ2n) is 5.50. The molecule has 0 saturated heterocycles. The molecule has 2 rings (SSSR count). The number of hydrogen-bond acceptors (Lipinski definition) is 5. The quantitative estimate of drug-likeness (QED) is 0.749. The molecule has 1 heterocycles. The number of amides is 1. The second-order valence-corrected chi connectivity index (χ2v) is 5.50. The molecular weight excluding hydrogens is 367 g/mol. The number of rotatable bonds is 8. The number of hydrogen-bond donors (Lipinski definition) is 1. The van der Waals surface area contributed by atoms with Gasteiger partial charge in [0.05, 0.1) is 13.2 Å². The SMILES string of the molecule is COCCn1nc(C(=O)NCc2ccc(OCC(F)(F)F)cc2)ccc1=O. The van der Waals surface area contributed by atoms with Crippen molar-refractivity contribution in [3.63, 3.8) is 0 Å². The average Bonchev–Trinajstić information content (AvgIpc) is 2.64. The summed E-state index contributed by atoms with van der Waals surface area (Å²) in [4.78, 5) is 23.8. The van der Waals surface area contributed by atoms with Gasteiger partial charge in [-0.1, -0.05) is 12.1 Å². The zero-order valence-electron chi connectivity index (χ0n) is 14.5. The summed E-state index contributed by atoms with van der Waals surface area (Å²) in [5.41, 5.74) is 0.379. The lowest BCUT2D eigenvalue weighted by molar-refractivity contribution is -0.153. The zero-order chi connectivity index (χ0) is 19.9. The molecule has 2 aromatic rings. The van der Waals surface area contributed by atoms with Crippen molar-refractivity contribution in [2.75, 3.05) is 20.3 Å². The number of alkyl halides is 3. The minimum atomic E-state index is -4.40. The Bertz CT molecular complexity index is 819. The third-order valence-electron chi connectivity index (χ3n) is 3.39. The van der Waals surface area contributed by atoms with Crippen LogP contribution in [0.4, 0.5) is 13.2 Å². The molecule has 1 amide bonds. The predicted octanol–water partition coefficient (Wildman–Crippen LogP) is 1.76. The van der Waals surface area contributed by atoms with Crippen LogP contribution >= 0.6 is 0 Å². The van der Waals surface area contributed by atoms with Crippen LogP contribution in [0.15, 0.2) is 41.2 Å². The highest BCUT2D eigenvalue weighted by atomic mass is 19.4. The highest BCUT2D eigenvalue weighted by molar-refractivity contribution is 5.91. The third kappa shape index (κ3) is 6.74. The van der Waals surface area contributed by atoms with Crippen LogP contribution < -0.4 is 15.6 Å². The molecule has 0 aliphatic rings. The topological polar surface area (TPSA) is 82.5 Å². The minimum Gasteiger partial charge on any atom is -0.484 e. The zero-order valence-corrected chi connectivity index (χ0v) is 14.5. The lowest BCUT2D eigenvalue weighted by atomic mass is 10.2. The first kappa shape index (κ1) is 20.4. The van der Waals surface area contributed by atoms with Crippen molar-refractivity contribution in [1.29, 1.82) is 0 Å². The van der Waals surface area contributed by atoms with E-state index in [1.54, 1.807) is 12.1 Å². The number of carbonyl (C=O) groups is 1. The van der Waals surface area contributed by atoms with E-state index in [1.807, 2.05) is 0 Å². The van der Waals surface area contributed by atoms with Crippen molar-refractivity contribution in [3.05, 3.63) is 58.0 Å². The summed E-state index contributed by atoms with van der Waals surface area (Å²) in [7, 11) is 1.49. The van der Waals surface area contributed by atoms with E-state index in [0.29, 0.717) is 5.56 Å². The lowest BCUT2D eigenvalue weighted by Gasteiger charge is -2.10. The molecule has 0 saturated carbocycles. The Morgan fingerprint density at radius 3 is 2.52 bits per heavy atom. The average molecular weight is 385 g/mol. The van der Waals surface area contributed by atoms with Crippen LogP contribution in [0, 0.1) is 0 Å². The number of ether oxygens (including phenoxy) is 2. The lowest BCUT2D eigenvalue weighted by Crippen LogP contribution is -2.30. The van der Waals surface area contributed by atoms with Gasteiger partial charge in [-0.25, -0.2) is 4.68 Å². The molecule has 27 heavy (non-hydrogen) atoms. The van der Waals surface area contributed by atoms with Gasteiger partial charge in [0.15, 0.2) is 6.61 Å². The summed E-state index contributed by atoms with van der Waals surface area (Å²) in [6.07, 6.45) is -4.40. The second kappa shape index (κ2) is 9.17. The standard InChI is InChI=1S/C17H18F3N3O4/c1-26-9-8-23-15(24)7-6-14(22-23)16(25)21-10-12-2-4-13(5-3-12)27-11-17(18,19)20/h2-7H,8-11H2,1H3,(H,21,25). The van der Waals surface area contributed by atoms with E-state index >= 15 is 0 Å². The molecule has 0 bridgehead atoms. The molecule has 0 aliphatic carbocycles. The fourth-order valence-electron chi connectivity index (χ4n) is 2.05. The number of benzene rings is 1. The maximum absolute atomic E-state index is 12.2. The molecular formula is C17H18F3N3O4. The summed E-state index contributed by atoms with van der Waals surface area (Å²) in [5, 5.41) is 6.59. The number of nitrogens with one attached hydrogen (secondary N) is 1. The van der Waals surface area contributed by atoms with Crippen molar-refractivity contribution in [3.8, 4) is 5.75 Å². The van der Waals surface area contributed by atoms with E-state index in [1.165, 1.54) is 31.4 Å². The van der Waals surface area contributed by atoms with Crippen LogP contribution in [0.25, 0.3) is 0 Å². The number of methoxy groups -OCH3 is 1. The van der Waals surface area contributed by atoms with Crippen LogP contribution in [0.5, 0.6) is 5.75 Å². The monoisotopic (exact) mass is 385 g/mol. The number of nitrogens with zero attached hydrogens (tertiary/aromatic N) is 2. The Labute approximate surface area is 152 Å². The van der Waals surface area contributed by atoms with Crippen LogP contribution in [0.1, 0.15) is 16.1 Å². The van der Waals surface area contributed by atoms with Gasteiger partial charge in [-0.2, -0.15) is 18.3 Å². The molecule has 1 N–H and O–H groups in total. The van der Waals surface area contributed by atoms with E-state index < -0.39 is 18.7 Å². The van der Waals surface area contributed by atoms with Crippen LogP contribution in [0.3, 0.4) is 0 Å². The number of carbonyl (C=O) groups excluding carboxylic acids is 1. The molecule has 1 aromatic heterocycles. The Kier molecular flexibility index (Phi) is 6.94. The molecule has 10 heteroatoms. The number of aromatic nitrogens is 2. The fraction of sp³-hybridized carbons (Fsp3) is 0.353. The van der Waals surface area contributed by atoms with E-state index in [9.17, 15) is 22.8 Å². The Hall–Kier alpha value is -2.88. The normalized spacial score (nSPS) is 11.3. The molecule has 0 atom stereocenters. The Morgan fingerprint density at radius 1 is 1.19 bits per heavy atom. The molecule has 7 nitrogen and oxygen atoms in total. The fourth-order valence-corrected chi connectivity index (χ4v) is 2.05. The number of halogens is 3. The maximum atomic E-state index is 12.2. The summed E-state index contributed by atoms with van der Waals surface area (Å²) in [6, 6.07) is 8.41. The highest BCUT2D eigenvalue weighted by Crippen LogP contribution is 2.18.